The van der Waals surface area contributed by atoms with Crippen molar-refractivity contribution in [1.82, 2.24) is 0 Å². The first-order valence-electron chi connectivity index (χ1n) is 7.12. The minimum absolute atomic E-state index is 0.124. The lowest BCUT2D eigenvalue weighted by molar-refractivity contribution is -0.105. The van der Waals surface area contributed by atoms with Gasteiger partial charge in [-0.25, -0.2) is 0 Å². The molecule has 20 heavy (non-hydrogen) atoms. The molecule has 1 saturated heterocycles. The molecule has 0 amide bonds. The molecule has 1 atom stereocenters. The van der Waals surface area contributed by atoms with Crippen molar-refractivity contribution in [3.8, 4) is 0 Å². The van der Waals surface area contributed by atoms with E-state index in [1.54, 1.807) is 7.11 Å². The second kappa shape index (κ2) is 5.52. The number of hydrogen-bond donors (Lipinski definition) is 1. The average molecular weight is 271 g/mol. The third kappa shape index (κ3) is 2.33. The third-order valence-electron chi connectivity index (χ3n) is 4.45. The predicted octanol–water partition coefficient (Wildman–Crippen LogP) is 3.04. The Kier molecular flexibility index (Phi) is 3.74. The van der Waals surface area contributed by atoms with Crippen LogP contribution in [0.3, 0.4) is 0 Å². The van der Waals surface area contributed by atoms with E-state index in [0.29, 0.717) is 0 Å². The molecule has 2 N–H and O–H groups in total. The predicted molar refractivity (Wildman–Crippen MR) is 80.7 cm³/mol. The van der Waals surface area contributed by atoms with Crippen molar-refractivity contribution in [2.24, 2.45) is 5.73 Å². The van der Waals surface area contributed by atoms with Crippen LogP contribution in [0.15, 0.2) is 42.5 Å². The van der Waals surface area contributed by atoms with Crippen LogP contribution in [0.2, 0.25) is 0 Å². The van der Waals surface area contributed by atoms with Gasteiger partial charge in [0, 0.05) is 33.2 Å². The Morgan fingerprint density at radius 2 is 1.80 bits per heavy atom. The van der Waals surface area contributed by atoms with Gasteiger partial charge in [0.15, 0.2) is 0 Å². The van der Waals surface area contributed by atoms with Gasteiger partial charge in [-0.15, -0.1) is 0 Å². The molecular weight excluding hydrogens is 250 g/mol. The molecule has 3 heteroatoms. The van der Waals surface area contributed by atoms with Gasteiger partial charge in [0.05, 0.1) is 11.6 Å². The van der Waals surface area contributed by atoms with E-state index in [2.05, 4.69) is 42.5 Å². The van der Waals surface area contributed by atoms with E-state index in [1.807, 2.05) is 0 Å². The zero-order chi connectivity index (χ0) is 14.0. The summed E-state index contributed by atoms with van der Waals surface area (Å²) in [7, 11) is 1.76. The molecule has 0 radical (unpaired) electrons. The Labute approximate surface area is 119 Å². The van der Waals surface area contributed by atoms with Gasteiger partial charge >= 0.3 is 0 Å². The highest BCUT2D eigenvalue weighted by Gasteiger charge is 2.39. The van der Waals surface area contributed by atoms with Crippen molar-refractivity contribution in [3.05, 3.63) is 48.0 Å². The fourth-order valence-electron chi connectivity index (χ4n) is 3.06. The zero-order valence-corrected chi connectivity index (χ0v) is 11.8. The molecule has 3 rings (SSSR count). The van der Waals surface area contributed by atoms with Crippen LogP contribution in [0.25, 0.3) is 10.8 Å². The Hall–Kier alpha value is -1.42. The average Bonchev–Trinajstić information content (AvgIpc) is 2.54. The largest absolute Gasteiger partial charge is 0.381 e. The van der Waals surface area contributed by atoms with Gasteiger partial charge in [-0.1, -0.05) is 36.4 Å². The zero-order valence-electron chi connectivity index (χ0n) is 11.8. The summed E-state index contributed by atoms with van der Waals surface area (Å²) in [4.78, 5) is 0. The summed E-state index contributed by atoms with van der Waals surface area (Å²) in [5.41, 5.74) is 7.35. The maximum Gasteiger partial charge on any atom is 0.0914 e. The Balaban J connectivity index is 1.96. The highest BCUT2D eigenvalue weighted by Crippen LogP contribution is 2.36. The molecule has 106 valence electrons. The van der Waals surface area contributed by atoms with Gasteiger partial charge in [-0.2, -0.15) is 0 Å². The molecule has 1 unspecified atom stereocenters. The third-order valence-corrected chi connectivity index (χ3v) is 4.45. The number of ether oxygens (including phenoxy) is 2. The molecule has 1 heterocycles. The number of hydrogen-bond acceptors (Lipinski definition) is 3. The lowest BCUT2D eigenvalue weighted by Crippen LogP contribution is -2.47. The van der Waals surface area contributed by atoms with Crippen LogP contribution in [0.5, 0.6) is 0 Å². The van der Waals surface area contributed by atoms with Crippen LogP contribution in [-0.2, 0) is 9.47 Å². The standard InChI is InChI=1S/C17H21NO2/c1-19-17(8-10-20-11-9-17)16(18)15-7-6-13-4-2-3-5-14(13)12-15/h2-7,12,16H,8-11,18H2,1H3. The van der Waals surface area contributed by atoms with Crippen molar-refractivity contribution in [2.45, 2.75) is 24.5 Å². The first kappa shape index (κ1) is 13.6. The molecule has 1 fully saturated rings. The summed E-state index contributed by atoms with van der Waals surface area (Å²) < 4.78 is 11.2. The molecule has 2 aromatic carbocycles. The van der Waals surface area contributed by atoms with Crippen LogP contribution in [-0.4, -0.2) is 25.9 Å². The lowest BCUT2D eigenvalue weighted by Gasteiger charge is -2.40. The second-order valence-corrected chi connectivity index (χ2v) is 5.47. The van der Waals surface area contributed by atoms with E-state index in [0.717, 1.165) is 31.6 Å². The molecule has 3 nitrogen and oxygen atoms in total. The van der Waals surface area contributed by atoms with Gasteiger partial charge in [-0.3, -0.25) is 0 Å². The maximum atomic E-state index is 6.53. The minimum Gasteiger partial charge on any atom is -0.381 e. The molecule has 0 aliphatic carbocycles. The second-order valence-electron chi connectivity index (χ2n) is 5.47. The van der Waals surface area contributed by atoms with E-state index in [4.69, 9.17) is 15.2 Å². The summed E-state index contributed by atoms with van der Waals surface area (Å²) in [5.74, 6) is 0. The van der Waals surface area contributed by atoms with Crippen molar-refractivity contribution >= 4 is 10.8 Å². The normalized spacial score (nSPS) is 19.9. The van der Waals surface area contributed by atoms with E-state index in [9.17, 15) is 0 Å². The smallest absolute Gasteiger partial charge is 0.0914 e. The summed E-state index contributed by atoms with van der Waals surface area (Å²) in [6, 6.07) is 14.6. The van der Waals surface area contributed by atoms with Gasteiger partial charge in [0.25, 0.3) is 0 Å². The number of benzene rings is 2. The Morgan fingerprint density at radius 1 is 1.10 bits per heavy atom. The summed E-state index contributed by atoms with van der Waals surface area (Å²) in [5, 5.41) is 2.46. The van der Waals surface area contributed by atoms with Crippen LogP contribution >= 0.6 is 0 Å². The van der Waals surface area contributed by atoms with Crippen molar-refractivity contribution < 1.29 is 9.47 Å². The molecule has 0 spiro atoms. The van der Waals surface area contributed by atoms with Crippen molar-refractivity contribution in [1.29, 1.82) is 0 Å². The van der Waals surface area contributed by atoms with Crippen molar-refractivity contribution in [3.63, 3.8) is 0 Å². The maximum absolute atomic E-state index is 6.53. The summed E-state index contributed by atoms with van der Waals surface area (Å²) >= 11 is 0. The molecule has 0 aromatic heterocycles. The molecular formula is C17H21NO2. The van der Waals surface area contributed by atoms with E-state index in [-0.39, 0.29) is 11.6 Å². The minimum atomic E-state index is -0.305. The van der Waals surface area contributed by atoms with Crippen LogP contribution in [0, 0.1) is 0 Å². The molecule has 1 aliphatic rings. The molecule has 0 bridgehead atoms. The quantitative estimate of drug-likeness (QED) is 0.933. The van der Waals surface area contributed by atoms with Gasteiger partial charge < -0.3 is 15.2 Å². The fraction of sp³-hybridized carbons (Fsp3) is 0.412. The van der Waals surface area contributed by atoms with Crippen molar-refractivity contribution in [2.75, 3.05) is 20.3 Å². The SMILES string of the molecule is COC1(C(N)c2ccc3ccccc3c2)CCOCC1. The number of nitrogens with two attached hydrogens (primary N) is 1. The Bertz CT molecular complexity index is 590. The highest BCUT2D eigenvalue weighted by molar-refractivity contribution is 5.83. The number of rotatable bonds is 3. The van der Waals surface area contributed by atoms with E-state index < -0.39 is 0 Å². The number of methoxy groups -OCH3 is 1. The van der Waals surface area contributed by atoms with E-state index in [1.165, 1.54) is 10.8 Å². The van der Waals surface area contributed by atoms with E-state index >= 15 is 0 Å². The summed E-state index contributed by atoms with van der Waals surface area (Å²) in [6.45, 7) is 1.43. The molecule has 1 aliphatic heterocycles. The first-order chi connectivity index (χ1) is 9.75. The fourth-order valence-corrected chi connectivity index (χ4v) is 3.06. The highest BCUT2D eigenvalue weighted by atomic mass is 16.5. The van der Waals surface area contributed by atoms with Crippen LogP contribution in [0.1, 0.15) is 24.4 Å². The van der Waals surface area contributed by atoms with Gasteiger partial charge in [-0.05, 0) is 22.4 Å². The van der Waals surface area contributed by atoms with Gasteiger partial charge in [0.2, 0.25) is 0 Å². The van der Waals surface area contributed by atoms with Gasteiger partial charge in [0.1, 0.15) is 0 Å². The Morgan fingerprint density at radius 3 is 2.50 bits per heavy atom. The van der Waals surface area contributed by atoms with Crippen LogP contribution < -0.4 is 5.73 Å². The monoisotopic (exact) mass is 271 g/mol. The van der Waals surface area contributed by atoms with Crippen LogP contribution in [0.4, 0.5) is 0 Å². The molecule has 0 saturated carbocycles. The topological polar surface area (TPSA) is 44.5 Å². The first-order valence-corrected chi connectivity index (χ1v) is 7.12. The number of fused-ring (bicyclic) bond motifs is 1. The molecule has 2 aromatic rings. The lowest BCUT2D eigenvalue weighted by atomic mass is 9.82. The summed E-state index contributed by atoms with van der Waals surface area (Å²) in [6.07, 6.45) is 1.69.